The van der Waals surface area contributed by atoms with Crippen LogP contribution in [0.3, 0.4) is 0 Å². The highest BCUT2D eigenvalue weighted by Gasteiger charge is 2.04. The molecule has 1 aromatic heterocycles. The molecule has 0 spiro atoms. The van der Waals surface area contributed by atoms with Gasteiger partial charge in [0, 0.05) is 0 Å². The van der Waals surface area contributed by atoms with Gasteiger partial charge in [-0.1, -0.05) is 23.2 Å². The van der Waals surface area contributed by atoms with E-state index >= 15 is 0 Å². The maximum absolute atomic E-state index is 5.59. The van der Waals surface area contributed by atoms with Gasteiger partial charge in [-0.25, -0.2) is 9.97 Å². The number of isothiocyanates is 1. The summed E-state index contributed by atoms with van der Waals surface area (Å²) in [6, 6.07) is 0. The highest BCUT2D eigenvalue weighted by Crippen LogP contribution is 2.27. The summed E-state index contributed by atoms with van der Waals surface area (Å²) in [6.07, 6.45) is 1.24. The zero-order valence-electron chi connectivity index (χ0n) is 5.08. The molecule has 0 fully saturated rings. The van der Waals surface area contributed by atoms with Crippen molar-refractivity contribution in [2.75, 3.05) is 0 Å². The van der Waals surface area contributed by atoms with Gasteiger partial charge in [-0.05, 0) is 12.2 Å². The number of aliphatic imine (C=N–C) groups is 1. The van der Waals surface area contributed by atoms with Gasteiger partial charge >= 0.3 is 0 Å². The Morgan fingerprint density at radius 3 is 2.36 bits per heavy atom. The molecule has 11 heavy (non-hydrogen) atoms. The van der Waals surface area contributed by atoms with E-state index in [1.807, 2.05) is 0 Å². The summed E-state index contributed by atoms with van der Waals surface area (Å²) in [5.41, 5.74) is 0.255. The molecule has 0 saturated carbocycles. The lowest BCUT2D eigenvalue weighted by Crippen LogP contribution is -1.80. The number of hydrogen-bond acceptors (Lipinski definition) is 4. The van der Waals surface area contributed by atoms with Gasteiger partial charge in [-0.3, -0.25) is 0 Å². The molecular weight excluding hydrogens is 205 g/mol. The first kappa shape index (κ1) is 8.56. The van der Waals surface area contributed by atoms with Crippen LogP contribution in [0.4, 0.5) is 5.69 Å². The molecule has 0 bridgehead atoms. The van der Waals surface area contributed by atoms with Crippen LogP contribution in [0, 0.1) is 0 Å². The third-order valence-electron chi connectivity index (χ3n) is 0.890. The second-order valence-corrected chi connectivity index (χ2v) is 2.41. The molecule has 0 unspecified atom stereocenters. The van der Waals surface area contributed by atoms with Gasteiger partial charge in [-0.2, -0.15) is 4.99 Å². The van der Waals surface area contributed by atoms with E-state index in [1.54, 1.807) is 0 Å². The monoisotopic (exact) mass is 205 g/mol. The normalized spacial score (nSPS) is 8.91. The quantitative estimate of drug-likeness (QED) is 0.402. The van der Waals surface area contributed by atoms with Crippen LogP contribution < -0.4 is 0 Å². The highest BCUT2D eigenvalue weighted by atomic mass is 35.5. The maximum Gasteiger partial charge on any atom is 0.160 e. The molecule has 1 rings (SSSR count). The van der Waals surface area contributed by atoms with Crippen LogP contribution in [0.15, 0.2) is 11.3 Å². The van der Waals surface area contributed by atoms with Crippen molar-refractivity contribution in [2.24, 2.45) is 4.99 Å². The smallest absolute Gasteiger partial charge is 0.160 e. The van der Waals surface area contributed by atoms with Gasteiger partial charge in [0.05, 0.1) is 5.16 Å². The summed E-state index contributed by atoms with van der Waals surface area (Å²) in [5, 5.41) is 2.46. The van der Waals surface area contributed by atoms with Crippen LogP contribution in [-0.2, 0) is 0 Å². The lowest BCUT2D eigenvalue weighted by atomic mass is 10.5. The lowest BCUT2D eigenvalue weighted by molar-refractivity contribution is 1.16. The van der Waals surface area contributed by atoms with E-state index < -0.39 is 0 Å². The zero-order chi connectivity index (χ0) is 8.27. The number of rotatable bonds is 1. The second kappa shape index (κ2) is 3.74. The molecule has 0 radical (unpaired) electrons. The van der Waals surface area contributed by atoms with Crippen molar-refractivity contribution < 1.29 is 0 Å². The van der Waals surface area contributed by atoms with Crippen LogP contribution in [0.25, 0.3) is 0 Å². The number of aromatic nitrogens is 2. The van der Waals surface area contributed by atoms with Gasteiger partial charge in [0.1, 0.15) is 12.0 Å². The summed E-state index contributed by atoms with van der Waals surface area (Å²) >= 11 is 15.5. The second-order valence-electron chi connectivity index (χ2n) is 1.51. The van der Waals surface area contributed by atoms with E-state index in [1.165, 1.54) is 6.33 Å². The molecule has 1 heterocycles. The summed E-state index contributed by atoms with van der Waals surface area (Å²) in [4.78, 5) is 10.9. The van der Waals surface area contributed by atoms with Gasteiger partial charge < -0.3 is 0 Å². The van der Waals surface area contributed by atoms with Crippen molar-refractivity contribution >= 4 is 46.3 Å². The van der Waals surface area contributed by atoms with Gasteiger partial charge in [0.25, 0.3) is 0 Å². The maximum atomic E-state index is 5.59. The molecule has 0 N–H and O–H groups in total. The van der Waals surface area contributed by atoms with E-state index in [9.17, 15) is 0 Å². The Hall–Kier alpha value is -0.540. The third kappa shape index (κ3) is 1.94. The van der Waals surface area contributed by atoms with Crippen molar-refractivity contribution in [2.45, 2.75) is 0 Å². The number of hydrogen-bond donors (Lipinski definition) is 0. The van der Waals surface area contributed by atoms with E-state index in [4.69, 9.17) is 23.2 Å². The molecule has 0 aliphatic carbocycles. The lowest BCUT2D eigenvalue weighted by Gasteiger charge is -1.94. The molecule has 0 atom stereocenters. The Labute approximate surface area is 78.1 Å². The SMILES string of the molecule is S=C=Nc1c(Cl)ncnc1Cl. The first-order valence-electron chi connectivity index (χ1n) is 2.49. The Morgan fingerprint density at radius 1 is 1.36 bits per heavy atom. The van der Waals surface area contributed by atoms with Crippen LogP contribution in [0.2, 0.25) is 10.3 Å². The number of halogens is 2. The molecule has 0 aromatic carbocycles. The molecule has 0 aliphatic rings. The minimum absolute atomic E-state index is 0.169. The molecule has 6 heteroatoms. The van der Waals surface area contributed by atoms with Crippen LogP contribution in [0.1, 0.15) is 0 Å². The zero-order valence-corrected chi connectivity index (χ0v) is 7.41. The van der Waals surface area contributed by atoms with Crippen molar-refractivity contribution in [1.29, 1.82) is 0 Å². The molecule has 56 valence electrons. The van der Waals surface area contributed by atoms with Crippen LogP contribution >= 0.6 is 35.4 Å². The minimum atomic E-state index is 0.169. The summed E-state index contributed by atoms with van der Waals surface area (Å²) < 4.78 is 0. The molecule has 0 saturated heterocycles. The van der Waals surface area contributed by atoms with E-state index in [2.05, 4.69) is 32.3 Å². The summed E-state index contributed by atoms with van der Waals surface area (Å²) in [5.74, 6) is 0. The minimum Gasteiger partial charge on any atom is -0.222 e. The van der Waals surface area contributed by atoms with Crippen molar-refractivity contribution in [3.8, 4) is 0 Å². The van der Waals surface area contributed by atoms with Crippen LogP contribution in [-0.4, -0.2) is 15.1 Å². The fourth-order valence-corrected chi connectivity index (χ4v) is 0.966. The van der Waals surface area contributed by atoms with Crippen LogP contribution in [0.5, 0.6) is 0 Å². The molecule has 3 nitrogen and oxygen atoms in total. The first-order valence-corrected chi connectivity index (χ1v) is 3.66. The van der Waals surface area contributed by atoms with E-state index in [0.29, 0.717) is 0 Å². The third-order valence-corrected chi connectivity index (χ3v) is 1.53. The number of thiocarbonyl (C=S) groups is 1. The molecule has 0 amide bonds. The van der Waals surface area contributed by atoms with Gasteiger partial charge in [0.15, 0.2) is 10.3 Å². The standard InChI is InChI=1S/C5HCl2N3S/c6-4-3(10-2-11)5(7)9-1-8-4/h1H. The fourth-order valence-electron chi connectivity index (χ4n) is 0.476. The fraction of sp³-hybridized carbons (Fsp3) is 0. The van der Waals surface area contributed by atoms with Gasteiger partial charge in [-0.15, -0.1) is 0 Å². The first-order chi connectivity index (χ1) is 5.25. The summed E-state index contributed by atoms with van der Waals surface area (Å²) in [7, 11) is 0. The van der Waals surface area contributed by atoms with E-state index in [0.717, 1.165) is 0 Å². The Bertz CT molecular complexity index is 301. The predicted molar refractivity (Wildman–Crippen MR) is 46.7 cm³/mol. The van der Waals surface area contributed by atoms with Gasteiger partial charge in [0.2, 0.25) is 0 Å². The topological polar surface area (TPSA) is 38.1 Å². The number of nitrogens with zero attached hydrogens (tertiary/aromatic N) is 3. The molecular formula is C5HCl2N3S. The average molecular weight is 206 g/mol. The largest absolute Gasteiger partial charge is 0.222 e. The molecule has 0 aliphatic heterocycles. The van der Waals surface area contributed by atoms with E-state index in [-0.39, 0.29) is 16.0 Å². The van der Waals surface area contributed by atoms with Crippen molar-refractivity contribution in [3.05, 3.63) is 16.6 Å². The predicted octanol–water partition coefficient (Wildman–Crippen LogP) is 2.52. The van der Waals surface area contributed by atoms with Crippen molar-refractivity contribution in [1.82, 2.24) is 9.97 Å². The average Bonchev–Trinajstić information content (AvgIpc) is 1.97. The molecule has 1 aromatic rings. The highest BCUT2D eigenvalue weighted by molar-refractivity contribution is 7.78. The van der Waals surface area contributed by atoms with Crippen molar-refractivity contribution in [3.63, 3.8) is 0 Å². The Balaban J connectivity index is 3.31. The Morgan fingerprint density at radius 2 is 1.91 bits per heavy atom. The summed E-state index contributed by atoms with van der Waals surface area (Å²) in [6.45, 7) is 0. The Kier molecular flexibility index (Phi) is 2.91.